The Hall–Kier alpha value is -1.79. The minimum Gasteiger partial charge on any atom is -0.383 e. The number of nitrogens with zero attached hydrogens (tertiary/aromatic N) is 1. The minimum atomic E-state index is -0.291. The summed E-state index contributed by atoms with van der Waals surface area (Å²) in [6.45, 7) is 2.74. The van der Waals surface area contributed by atoms with Crippen LogP contribution in [0.25, 0.3) is 0 Å². The third kappa shape index (κ3) is 4.35. The van der Waals surface area contributed by atoms with Crippen molar-refractivity contribution in [1.82, 2.24) is 10.6 Å². The Morgan fingerprint density at radius 3 is 2.77 bits per heavy atom. The van der Waals surface area contributed by atoms with E-state index in [0.717, 1.165) is 5.69 Å². The van der Waals surface area contributed by atoms with Crippen LogP contribution >= 0.6 is 11.6 Å². The van der Waals surface area contributed by atoms with E-state index in [1.807, 2.05) is 6.92 Å². The van der Waals surface area contributed by atoms with Crippen molar-refractivity contribution in [2.45, 2.75) is 25.4 Å². The van der Waals surface area contributed by atoms with E-state index in [2.05, 4.69) is 10.6 Å². The number of amides is 3. The summed E-state index contributed by atoms with van der Waals surface area (Å²) in [5, 5.41) is 6.20. The molecule has 120 valence electrons. The number of methoxy groups -OCH3 is 1. The van der Waals surface area contributed by atoms with Gasteiger partial charge in [0.05, 0.1) is 18.7 Å². The first-order valence-electron chi connectivity index (χ1n) is 7.11. The van der Waals surface area contributed by atoms with Gasteiger partial charge in [-0.1, -0.05) is 11.6 Å². The fourth-order valence-electron chi connectivity index (χ4n) is 2.42. The molecule has 2 N–H and O–H groups in total. The number of halogens is 1. The lowest BCUT2D eigenvalue weighted by molar-refractivity contribution is -0.117. The van der Waals surface area contributed by atoms with Crippen LogP contribution in [0.3, 0.4) is 0 Å². The zero-order valence-electron chi connectivity index (χ0n) is 12.6. The number of benzene rings is 1. The van der Waals surface area contributed by atoms with Gasteiger partial charge in [0.1, 0.15) is 0 Å². The molecule has 1 aliphatic heterocycles. The van der Waals surface area contributed by atoms with Crippen LogP contribution in [-0.2, 0) is 9.53 Å². The number of hydrogen-bond acceptors (Lipinski definition) is 3. The monoisotopic (exact) mass is 325 g/mol. The topological polar surface area (TPSA) is 70.7 Å². The number of rotatable bonds is 5. The molecule has 2 atom stereocenters. The molecule has 2 rings (SSSR count). The SMILES string of the molecule is COC[C@@H](C)NC(=O)N[C@H]1CC(=O)N(c2ccc(Cl)cc2)C1. The minimum absolute atomic E-state index is 0.0161. The quantitative estimate of drug-likeness (QED) is 0.867. The standard InChI is InChI=1S/C15H20ClN3O3/c1-10(9-22-2)17-15(21)18-12-7-14(20)19(8-12)13-5-3-11(16)4-6-13/h3-6,10,12H,7-9H2,1-2H3,(H2,17,18,21)/t10-,12+/m1/s1. The molecule has 0 radical (unpaired) electrons. The Morgan fingerprint density at radius 1 is 1.45 bits per heavy atom. The summed E-state index contributed by atoms with van der Waals surface area (Å²) < 4.78 is 4.96. The molecule has 22 heavy (non-hydrogen) atoms. The summed E-state index contributed by atoms with van der Waals surface area (Å²) in [4.78, 5) is 25.6. The van der Waals surface area contributed by atoms with Crippen molar-refractivity contribution >= 4 is 29.2 Å². The summed E-state index contributed by atoms with van der Waals surface area (Å²) in [5.41, 5.74) is 0.784. The summed E-state index contributed by atoms with van der Waals surface area (Å²) in [5.74, 6) is -0.0161. The normalized spacial score (nSPS) is 19.1. The second kappa shape index (κ2) is 7.47. The van der Waals surface area contributed by atoms with Gasteiger partial charge in [0.25, 0.3) is 0 Å². The van der Waals surface area contributed by atoms with Crippen LogP contribution in [-0.4, -0.2) is 44.3 Å². The molecule has 0 saturated carbocycles. The van der Waals surface area contributed by atoms with Crippen molar-refractivity contribution in [1.29, 1.82) is 0 Å². The number of nitrogens with one attached hydrogen (secondary N) is 2. The molecule has 0 spiro atoms. The number of carbonyl (C=O) groups excluding carboxylic acids is 2. The van der Waals surface area contributed by atoms with Gasteiger partial charge in [0, 0.05) is 30.8 Å². The van der Waals surface area contributed by atoms with Crippen molar-refractivity contribution in [2.75, 3.05) is 25.2 Å². The zero-order valence-corrected chi connectivity index (χ0v) is 13.4. The van der Waals surface area contributed by atoms with Crippen LogP contribution in [0.2, 0.25) is 5.02 Å². The van der Waals surface area contributed by atoms with Crippen LogP contribution in [0.4, 0.5) is 10.5 Å². The fourth-order valence-corrected chi connectivity index (χ4v) is 2.54. The van der Waals surface area contributed by atoms with E-state index in [1.54, 1.807) is 36.3 Å². The molecule has 1 fully saturated rings. The third-order valence-corrected chi connectivity index (χ3v) is 3.64. The fraction of sp³-hybridized carbons (Fsp3) is 0.467. The van der Waals surface area contributed by atoms with E-state index < -0.39 is 0 Å². The summed E-state index contributed by atoms with van der Waals surface area (Å²) in [7, 11) is 1.58. The Morgan fingerprint density at radius 2 is 2.14 bits per heavy atom. The summed E-state index contributed by atoms with van der Waals surface area (Å²) >= 11 is 5.85. The molecule has 1 saturated heterocycles. The predicted octanol–water partition coefficient (Wildman–Crippen LogP) is 1.78. The van der Waals surface area contributed by atoms with Crippen LogP contribution < -0.4 is 15.5 Å². The molecule has 0 aliphatic carbocycles. The Labute approximate surface area is 134 Å². The first-order chi connectivity index (χ1) is 10.5. The average molecular weight is 326 g/mol. The number of hydrogen-bond donors (Lipinski definition) is 2. The van der Waals surface area contributed by atoms with Crippen molar-refractivity contribution in [3.05, 3.63) is 29.3 Å². The average Bonchev–Trinajstić information content (AvgIpc) is 2.80. The smallest absolute Gasteiger partial charge is 0.315 e. The maximum atomic E-state index is 12.1. The molecule has 7 heteroatoms. The molecule has 1 heterocycles. The molecule has 6 nitrogen and oxygen atoms in total. The highest BCUT2D eigenvalue weighted by molar-refractivity contribution is 6.30. The van der Waals surface area contributed by atoms with Gasteiger partial charge in [-0.2, -0.15) is 0 Å². The van der Waals surface area contributed by atoms with Crippen molar-refractivity contribution in [2.24, 2.45) is 0 Å². The molecule has 1 aromatic carbocycles. The number of ether oxygens (including phenoxy) is 1. The predicted molar refractivity (Wildman–Crippen MR) is 85.2 cm³/mol. The highest BCUT2D eigenvalue weighted by Crippen LogP contribution is 2.23. The number of urea groups is 1. The summed E-state index contributed by atoms with van der Waals surface area (Å²) in [6.07, 6.45) is 0.286. The molecule has 3 amide bonds. The second-order valence-electron chi connectivity index (χ2n) is 5.36. The van der Waals surface area contributed by atoms with Crippen LogP contribution in [0, 0.1) is 0 Å². The summed E-state index contributed by atoms with van der Waals surface area (Å²) in [6, 6.07) is 6.48. The second-order valence-corrected chi connectivity index (χ2v) is 5.79. The van der Waals surface area contributed by atoms with Gasteiger partial charge in [-0.3, -0.25) is 4.79 Å². The Kier molecular flexibility index (Phi) is 5.63. The van der Waals surface area contributed by atoms with Gasteiger partial charge in [0.15, 0.2) is 0 Å². The van der Waals surface area contributed by atoms with Crippen LogP contribution in [0.5, 0.6) is 0 Å². The van der Waals surface area contributed by atoms with E-state index >= 15 is 0 Å². The van der Waals surface area contributed by atoms with E-state index in [1.165, 1.54) is 0 Å². The van der Waals surface area contributed by atoms with Crippen molar-refractivity contribution < 1.29 is 14.3 Å². The number of anilines is 1. The van der Waals surface area contributed by atoms with Gasteiger partial charge in [-0.15, -0.1) is 0 Å². The van der Waals surface area contributed by atoms with Crippen LogP contribution in [0.15, 0.2) is 24.3 Å². The first kappa shape index (κ1) is 16.6. The van der Waals surface area contributed by atoms with E-state index in [9.17, 15) is 9.59 Å². The van der Waals surface area contributed by atoms with Crippen LogP contribution in [0.1, 0.15) is 13.3 Å². The first-order valence-corrected chi connectivity index (χ1v) is 7.49. The molecule has 1 aliphatic rings. The molecule has 1 aromatic rings. The van der Waals surface area contributed by atoms with E-state index in [0.29, 0.717) is 18.2 Å². The van der Waals surface area contributed by atoms with Gasteiger partial charge in [-0.05, 0) is 31.2 Å². The molecular formula is C15H20ClN3O3. The molecule has 0 bridgehead atoms. The molecule has 0 unspecified atom stereocenters. The zero-order chi connectivity index (χ0) is 16.1. The third-order valence-electron chi connectivity index (χ3n) is 3.39. The molecular weight excluding hydrogens is 306 g/mol. The van der Waals surface area contributed by atoms with Crippen molar-refractivity contribution in [3.63, 3.8) is 0 Å². The van der Waals surface area contributed by atoms with Crippen molar-refractivity contribution in [3.8, 4) is 0 Å². The Balaban J connectivity index is 1.89. The highest BCUT2D eigenvalue weighted by atomic mass is 35.5. The maximum absolute atomic E-state index is 12.1. The van der Waals surface area contributed by atoms with Gasteiger partial charge in [0.2, 0.25) is 5.91 Å². The van der Waals surface area contributed by atoms with E-state index in [-0.39, 0.29) is 30.4 Å². The van der Waals surface area contributed by atoms with Gasteiger partial charge in [-0.25, -0.2) is 4.79 Å². The lowest BCUT2D eigenvalue weighted by atomic mass is 10.2. The largest absolute Gasteiger partial charge is 0.383 e. The lowest BCUT2D eigenvalue weighted by Crippen LogP contribution is -2.47. The Bertz CT molecular complexity index is 535. The van der Waals surface area contributed by atoms with Gasteiger partial charge >= 0.3 is 6.03 Å². The van der Waals surface area contributed by atoms with Gasteiger partial charge < -0.3 is 20.3 Å². The highest BCUT2D eigenvalue weighted by Gasteiger charge is 2.31. The maximum Gasteiger partial charge on any atom is 0.315 e. The van der Waals surface area contributed by atoms with E-state index in [4.69, 9.17) is 16.3 Å². The lowest BCUT2D eigenvalue weighted by Gasteiger charge is -2.18. The molecule has 0 aromatic heterocycles. The number of carbonyl (C=O) groups is 2.